The number of nitrogens with zero attached hydrogens (tertiary/aromatic N) is 1. The van der Waals surface area contributed by atoms with Gasteiger partial charge in [-0.3, -0.25) is 4.79 Å². The van der Waals surface area contributed by atoms with Crippen LogP contribution in [0.4, 0.5) is 0 Å². The van der Waals surface area contributed by atoms with E-state index in [4.69, 9.17) is 0 Å². The number of rotatable bonds is 3. The number of hydrogen-bond acceptors (Lipinski definition) is 3. The van der Waals surface area contributed by atoms with Crippen molar-refractivity contribution < 1.29 is 4.79 Å². The molecule has 0 unspecified atom stereocenters. The van der Waals surface area contributed by atoms with E-state index in [1.54, 1.807) is 0 Å². The second-order valence-corrected chi connectivity index (χ2v) is 4.86. The first-order chi connectivity index (χ1) is 7.25. The molecular weight excluding hydrogens is 190 g/mol. The van der Waals surface area contributed by atoms with Gasteiger partial charge in [0.2, 0.25) is 5.91 Å². The van der Waals surface area contributed by atoms with Gasteiger partial charge < -0.3 is 15.5 Å². The molecule has 0 bridgehead atoms. The molecule has 0 spiro atoms. The Morgan fingerprint density at radius 3 is 2.67 bits per heavy atom. The van der Waals surface area contributed by atoms with E-state index in [1.165, 1.54) is 0 Å². The van der Waals surface area contributed by atoms with Crippen LogP contribution in [-0.4, -0.2) is 50.6 Å². The van der Waals surface area contributed by atoms with Crippen LogP contribution in [-0.2, 0) is 4.79 Å². The maximum Gasteiger partial charge on any atom is 0.223 e. The van der Waals surface area contributed by atoms with Gasteiger partial charge in [-0.1, -0.05) is 0 Å². The smallest absolute Gasteiger partial charge is 0.223 e. The Morgan fingerprint density at radius 2 is 2.07 bits per heavy atom. The van der Waals surface area contributed by atoms with Gasteiger partial charge in [-0.2, -0.15) is 0 Å². The fourth-order valence-electron chi connectivity index (χ4n) is 2.43. The van der Waals surface area contributed by atoms with E-state index in [-0.39, 0.29) is 11.8 Å². The molecule has 2 aliphatic heterocycles. The Bertz CT molecular complexity index is 220. The summed E-state index contributed by atoms with van der Waals surface area (Å²) in [5.74, 6) is 1.20. The summed E-state index contributed by atoms with van der Waals surface area (Å²) in [7, 11) is 2.12. The van der Waals surface area contributed by atoms with Gasteiger partial charge in [-0.15, -0.1) is 0 Å². The molecule has 2 rings (SSSR count). The van der Waals surface area contributed by atoms with Crippen LogP contribution in [0.1, 0.15) is 12.8 Å². The van der Waals surface area contributed by atoms with Gasteiger partial charge in [-0.05, 0) is 33.0 Å². The van der Waals surface area contributed by atoms with Crippen molar-refractivity contribution in [2.24, 2.45) is 11.8 Å². The summed E-state index contributed by atoms with van der Waals surface area (Å²) in [6, 6.07) is 0. The van der Waals surface area contributed by atoms with E-state index in [1.807, 2.05) is 0 Å². The number of hydrogen-bond donors (Lipinski definition) is 2. The number of carbonyl (C=O) groups excluding carboxylic acids is 1. The Balaban J connectivity index is 1.63. The zero-order chi connectivity index (χ0) is 10.7. The molecule has 0 aromatic heterocycles. The van der Waals surface area contributed by atoms with Gasteiger partial charge >= 0.3 is 0 Å². The molecule has 2 heterocycles. The van der Waals surface area contributed by atoms with E-state index in [0.29, 0.717) is 5.92 Å². The van der Waals surface area contributed by atoms with Gasteiger partial charge in [0.15, 0.2) is 0 Å². The average molecular weight is 211 g/mol. The van der Waals surface area contributed by atoms with Gasteiger partial charge in [-0.25, -0.2) is 0 Å². The van der Waals surface area contributed by atoms with Crippen molar-refractivity contribution >= 4 is 5.91 Å². The highest BCUT2D eigenvalue weighted by Gasteiger charge is 2.25. The van der Waals surface area contributed by atoms with Crippen LogP contribution >= 0.6 is 0 Å². The molecule has 4 heteroatoms. The summed E-state index contributed by atoms with van der Waals surface area (Å²) in [5.41, 5.74) is 0. The van der Waals surface area contributed by atoms with E-state index in [9.17, 15) is 4.79 Å². The average Bonchev–Trinajstić information content (AvgIpc) is 2.23. The minimum Gasteiger partial charge on any atom is -0.355 e. The van der Waals surface area contributed by atoms with Crippen molar-refractivity contribution in [1.82, 2.24) is 15.5 Å². The Morgan fingerprint density at radius 1 is 1.40 bits per heavy atom. The van der Waals surface area contributed by atoms with Crippen molar-refractivity contribution in [2.75, 3.05) is 39.8 Å². The molecule has 0 saturated carbocycles. The molecule has 86 valence electrons. The van der Waals surface area contributed by atoms with Crippen LogP contribution in [0.25, 0.3) is 0 Å². The topological polar surface area (TPSA) is 44.4 Å². The van der Waals surface area contributed by atoms with Crippen molar-refractivity contribution in [2.45, 2.75) is 12.8 Å². The van der Waals surface area contributed by atoms with Gasteiger partial charge in [0.25, 0.3) is 0 Å². The summed E-state index contributed by atoms with van der Waals surface area (Å²) in [6.45, 7) is 5.11. The molecule has 2 fully saturated rings. The standard InChI is InChI=1S/C11H21N3O/c1-14-7-9(8-14)6-13-11(15)10-2-4-12-5-3-10/h9-10,12H,2-8H2,1H3,(H,13,15). The highest BCUT2D eigenvalue weighted by Crippen LogP contribution is 2.14. The molecule has 0 aromatic rings. The number of carbonyl (C=O) groups is 1. The van der Waals surface area contributed by atoms with Gasteiger partial charge in [0.05, 0.1) is 0 Å². The van der Waals surface area contributed by atoms with E-state index in [0.717, 1.165) is 45.6 Å². The number of likely N-dealkylation sites (tertiary alicyclic amines) is 1. The van der Waals surface area contributed by atoms with E-state index >= 15 is 0 Å². The summed E-state index contributed by atoms with van der Waals surface area (Å²) >= 11 is 0. The highest BCUT2D eigenvalue weighted by molar-refractivity contribution is 5.78. The second kappa shape index (κ2) is 4.94. The molecule has 0 atom stereocenters. The summed E-state index contributed by atoms with van der Waals surface area (Å²) < 4.78 is 0. The molecule has 0 radical (unpaired) electrons. The molecule has 2 aliphatic rings. The van der Waals surface area contributed by atoms with Crippen molar-refractivity contribution in [3.05, 3.63) is 0 Å². The number of amides is 1. The zero-order valence-electron chi connectivity index (χ0n) is 9.46. The van der Waals surface area contributed by atoms with Crippen LogP contribution in [0.15, 0.2) is 0 Å². The lowest BCUT2D eigenvalue weighted by molar-refractivity contribution is -0.126. The van der Waals surface area contributed by atoms with Crippen LogP contribution in [0.2, 0.25) is 0 Å². The monoisotopic (exact) mass is 211 g/mol. The predicted molar refractivity (Wildman–Crippen MR) is 59.6 cm³/mol. The molecule has 4 nitrogen and oxygen atoms in total. The predicted octanol–water partition coefficient (Wildman–Crippen LogP) is -0.336. The van der Waals surface area contributed by atoms with Crippen LogP contribution in [0.5, 0.6) is 0 Å². The quantitative estimate of drug-likeness (QED) is 0.671. The summed E-state index contributed by atoms with van der Waals surface area (Å²) in [4.78, 5) is 14.1. The molecule has 1 amide bonds. The first-order valence-electron chi connectivity index (χ1n) is 5.92. The number of piperidine rings is 1. The molecule has 2 N–H and O–H groups in total. The lowest BCUT2D eigenvalue weighted by Gasteiger charge is -2.36. The lowest BCUT2D eigenvalue weighted by Crippen LogP contribution is -2.50. The normalized spacial score (nSPS) is 24.9. The van der Waals surface area contributed by atoms with E-state index < -0.39 is 0 Å². The Labute approximate surface area is 91.4 Å². The molecule has 15 heavy (non-hydrogen) atoms. The van der Waals surface area contributed by atoms with Crippen molar-refractivity contribution in [3.63, 3.8) is 0 Å². The van der Waals surface area contributed by atoms with Crippen molar-refractivity contribution in [1.29, 1.82) is 0 Å². The first kappa shape index (κ1) is 10.9. The third kappa shape index (κ3) is 2.92. The van der Waals surface area contributed by atoms with Gasteiger partial charge in [0.1, 0.15) is 0 Å². The second-order valence-electron chi connectivity index (χ2n) is 4.86. The van der Waals surface area contributed by atoms with Crippen molar-refractivity contribution in [3.8, 4) is 0 Å². The maximum absolute atomic E-state index is 11.8. The maximum atomic E-state index is 11.8. The molecular formula is C11H21N3O. The first-order valence-corrected chi connectivity index (χ1v) is 5.92. The van der Waals surface area contributed by atoms with Crippen LogP contribution in [0, 0.1) is 11.8 Å². The third-order valence-corrected chi connectivity index (χ3v) is 3.41. The SMILES string of the molecule is CN1CC(CNC(=O)C2CCNCC2)C1. The fraction of sp³-hybridized carbons (Fsp3) is 0.909. The highest BCUT2D eigenvalue weighted by atomic mass is 16.1. The minimum atomic E-state index is 0.254. The molecule has 0 aromatic carbocycles. The minimum absolute atomic E-state index is 0.254. The molecule has 2 saturated heterocycles. The van der Waals surface area contributed by atoms with Crippen LogP contribution in [0.3, 0.4) is 0 Å². The fourth-order valence-corrected chi connectivity index (χ4v) is 2.43. The third-order valence-electron chi connectivity index (χ3n) is 3.41. The summed E-state index contributed by atoms with van der Waals surface area (Å²) in [5, 5.41) is 6.36. The zero-order valence-corrected chi connectivity index (χ0v) is 9.46. The van der Waals surface area contributed by atoms with E-state index in [2.05, 4.69) is 22.6 Å². The molecule has 0 aliphatic carbocycles. The van der Waals surface area contributed by atoms with Gasteiger partial charge in [0, 0.05) is 31.5 Å². The lowest BCUT2D eigenvalue weighted by atomic mass is 9.96. The largest absolute Gasteiger partial charge is 0.355 e. The Hall–Kier alpha value is -0.610. The van der Waals surface area contributed by atoms with Crippen LogP contribution < -0.4 is 10.6 Å². The summed E-state index contributed by atoms with van der Waals surface area (Å²) in [6.07, 6.45) is 1.99. The number of nitrogens with one attached hydrogen (secondary N) is 2. The Kier molecular flexibility index (Phi) is 3.59.